The third-order valence-electron chi connectivity index (χ3n) is 4.79. The van der Waals surface area contributed by atoms with Gasteiger partial charge in [-0.1, -0.05) is 60.7 Å². The first-order valence-corrected chi connectivity index (χ1v) is 9.22. The lowest BCUT2D eigenvalue weighted by atomic mass is 9.88. The molecular weight excluding hydrogens is 350 g/mol. The topological polar surface area (TPSA) is 46.6 Å². The highest BCUT2D eigenvalue weighted by molar-refractivity contribution is 6.64. The first-order chi connectivity index (χ1) is 12.6. The van der Waals surface area contributed by atoms with Crippen molar-refractivity contribution in [3.05, 3.63) is 71.8 Å². The monoisotopic (exact) mass is 371 g/mol. The molecule has 1 amide bonds. The van der Waals surface area contributed by atoms with Gasteiger partial charge in [0.25, 0.3) is 0 Å². The number of amides is 1. The molecule has 3 rings (SSSR count). The van der Waals surface area contributed by atoms with Gasteiger partial charge in [-0.15, -0.1) is 0 Å². The highest BCUT2D eigenvalue weighted by atomic mass is 35.5. The zero-order valence-corrected chi connectivity index (χ0v) is 15.3. The Balaban J connectivity index is 1.67. The summed E-state index contributed by atoms with van der Waals surface area (Å²) in [7, 11) is 0. The third kappa shape index (κ3) is 4.85. The number of halogens is 1. The minimum absolute atomic E-state index is 0.0953. The molecule has 0 radical (unpaired) electrons. The first-order valence-electron chi connectivity index (χ1n) is 8.84. The van der Waals surface area contributed by atoms with Gasteiger partial charge in [-0.2, -0.15) is 0 Å². The Hall–Kier alpha value is -2.33. The molecule has 136 valence electrons. The average molecular weight is 372 g/mol. The number of piperidine rings is 1. The number of likely N-dealkylation sites (tertiary alicyclic amines) is 1. The maximum Gasteiger partial charge on any atom is 0.410 e. The largest absolute Gasteiger partial charge is 0.445 e. The van der Waals surface area contributed by atoms with Gasteiger partial charge in [0.15, 0.2) is 0 Å². The molecule has 0 saturated carbocycles. The summed E-state index contributed by atoms with van der Waals surface area (Å²) in [6.07, 6.45) is 1.49. The summed E-state index contributed by atoms with van der Waals surface area (Å²) in [6, 6.07) is 19.5. The van der Waals surface area contributed by atoms with E-state index in [2.05, 4.69) is 0 Å². The minimum atomic E-state index is -0.338. The van der Waals surface area contributed by atoms with Crippen LogP contribution < -0.4 is 0 Å². The van der Waals surface area contributed by atoms with Crippen molar-refractivity contribution in [2.24, 2.45) is 5.92 Å². The van der Waals surface area contributed by atoms with E-state index >= 15 is 0 Å². The molecule has 0 aromatic heterocycles. The Morgan fingerprint density at radius 3 is 2.23 bits per heavy atom. The standard InChI is InChI=1S/C21H22ClNO3/c22-20(24)18-11-12-23(19(14-18)13-16-7-3-1-4-8-16)21(25)26-15-17-9-5-2-6-10-17/h1-10,18-19H,11-15H2. The van der Waals surface area contributed by atoms with E-state index in [9.17, 15) is 9.59 Å². The summed E-state index contributed by atoms with van der Waals surface area (Å²) in [4.78, 5) is 26.0. The molecule has 0 bridgehead atoms. The highest BCUT2D eigenvalue weighted by Crippen LogP contribution is 2.28. The van der Waals surface area contributed by atoms with Gasteiger partial charge >= 0.3 is 6.09 Å². The highest BCUT2D eigenvalue weighted by Gasteiger charge is 2.35. The molecular formula is C21H22ClNO3. The zero-order chi connectivity index (χ0) is 18.4. The predicted molar refractivity (Wildman–Crippen MR) is 101 cm³/mol. The smallest absolute Gasteiger partial charge is 0.410 e. The molecule has 0 aliphatic carbocycles. The maximum absolute atomic E-state index is 12.6. The van der Waals surface area contributed by atoms with E-state index in [1.807, 2.05) is 60.7 Å². The number of carbonyl (C=O) groups is 2. The van der Waals surface area contributed by atoms with Crippen LogP contribution in [0.4, 0.5) is 4.79 Å². The molecule has 5 heteroatoms. The van der Waals surface area contributed by atoms with Crippen molar-refractivity contribution < 1.29 is 14.3 Å². The Morgan fingerprint density at radius 2 is 1.62 bits per heavy atom. The molecule has 2 unspecified atom stereocenters. The molecule has 26 heavy (non-hydrogen) atoms. The van der Waals surface area contributed by atoms with Crippen LogP contribution in [0.25, 0.3) is 0 Å². The lowest BCUT2D eigenvalue weighted by molar-refractivity contribution is -0.117. The van der Waals surface area contributed by atoms with Crippen molar-refractivity contribution in [1.29, 1.82) is 0 Å². The second-order valence-electron chi connectivity index (χ2n) is 6.60. The fourth-order valence-electron chi connectivity index (χ4n) is 3.38. The molecule has 0 spiro atoms. The molecule has 0 N–H and O–H groups in total. The quantitative estimate of drug-likeness (QED) is 0.731. The molecule has 2 aromatic rings. The van der Waals surface area contributed by atoms with Crippen LogP contribution in [0.5, 0.6) is 0 Å². The van der Waals surface area contributed by atoms with Crippen molar-refractivity contribution in [3.8, 4) is 0 Å². The number of hydrogen-bond donors (Lipinski definition) is 0. The Kier molecular flexibility index (Phi) is 6.29. The Morgan fingerprint density at radius 1 is 1.00 bits per heavy atom. The number of carbonyl (C=O) groups excluding carboxylic acids is 2. The number of nitrogens with zero attached hydrogens (tertiary/aromatic N) is 1. The van der Waals surface area contributed by atoms with Crippen LogP contribution >= 0.6 is 11.6 Å². The van der Waals surface area contributed by atoms with E-state index in [-0.39, 0.29) is 29.9 Å². The SMILES string of the molecule is O=C(Cl)C1CCN(C(=O)OCc2ccccc2)C(Cc2ccccc2)C1. The van der Waals surface area contributed by atoms with E-state index in [1.165, 1.54) is 0 Å². The molecule has 1 aliphatic heterocycles. The molecule has 1 heterocycles. The predicted octanol–water partition coefficient (Wildman–Crippen LogP) is 4.41. The number of rotatable bonds is 5. The van der Waals surface area contributed by atoms with E-state index in [0.717, 1.165) is 11.1 Å². The van der Waals surface area contributed by atoms with E-state index < -0.39 is 0 Å². The molecule has 4 nitrogen and oxygen atoms in total. The van der Waals surface area contributed by atoms with Gasteiger partial charge in [-0.25, -0.2) is 4.79 Å². The van der Waals surface area contributed by atoms with Crippen molar-refractivity contribution >= 4 is 22.9 Å². The van der Waals surface area contributed by atoms with E-state index in [4.69, 9.17) is 16.3 Å². The first kappa shape index (κ1) is 18.5. The van der Waals surface area contributed by atoms with Gasteiger partial charge in [0, 0.05) is 18.5 Å². The second kappa shape index (κ2) is 8.86. The van der Waals surface area contributed by atoms with Crippen LogP contribution in [-0.2, 0) is 22.6 Å². The van der Waals surface area contributed by atoms with Crippen molar-refractivity contribution in [1.82, 2.24) is 4.90 Å². The summed E-state index contributed by atoms with van der Waals surface area (Å²) >= 11 is 5.72. The van der Waals surface area contributed by atoms with Crippen LogP contribution in [0.2, 0.25) is 0 Å². The summed E-state index contributed by atoms with van der Waals surface area (Å²) in [5.41, 5.74) is 2.08. The van der Waals surface area contributed by atoms with Crippen molar-refractivity contribution in [2.45, 2.75) is 31.9 Å². The lowest BCUT2D eigenvalue weighted by Gasteiger charge is -2.37. The number of ether oxygens (including phenoxy) is 1. The summed E-state index contributed by atoms with van der Waals surface area (Å²) in [5.74, 6) is -0.205. The third-order valence-corrected chi connectivity index (χ3v) is 5.10. The Labute approximate surface area is 158 Å². The van der Waals surface area contributed by atoms with Crippen LogP contribution in [0.1, 0.15) is 24.0 Å². The van der Waals surface area contributed by atoms with Gasteiger partial charge < -0.3 is 9.64 Å². The van der Waals surface area contributed by atoms with Gasteiger partial charge in [0.1, 0.15) is 6.61 Å². The van der Waals surface area contributed by atoms with Gasteiger partial charge in [0.05, 0.1) is 0 Å². The average Bonchev–Trinajstić information content (AvgIpc) is 2.67. The van der Waals surface area contributed by atoms with Crippen molar-refractivity contribution in [3.63, 3.8) is 0 Å². The van der Waals surface area contributed by atoms with Crippen molar-refractivity contribution in [2.75, 3.05) is 6.54 Å². The number of benzene rings is 2. The van der Waals surface area contributed by atoms with E-state index in [1.54, 1.807) is 4.90 Å². The summed E-state index contributed by atoms with van der Waals surface area (Å²) < 4.78 is 5.50. The number of hydrogen-bond acceptors (Lipinski definition) is 3. The van der Waals surface area contributed by atoms with Gasteiger partial charge in [0.2, 0.25) is 5.24 Å². The molecule has 1 fully saturated rings. The summed E-state index contributed by atoms with van der Waals surface area (Å²) in [6.45, 7) is 0.723. The zero-order valence-electron chi connectivity index (χ0n) is 14.5. The second-order valence-corrected chi connectivity index (χ2v) is 6.98. The van der Waals surface area contributed by atoms with Crippen LogP contribution in [0, 0.1) is 5.92 Å². The Bertz CT molecular complexity index is 735. The molecule has 1 saturated heterocycles. The fourth-order valence-corrected chi connectivity index (χ4v) is 3.58. The maximum atomic E-state index is 12.6. The minimum Gasteiger partial charge on any atom is -0.445 e. The lowest BCUT2D eigenvalue weighted by Crippen LogP contribution is -2.48. The molecule has 2 aromatic carbocycles. The molecule has 2 atom stereocenters. The summed E-state index contributed by atoms with van der Waals surface area (Å²) in [5, 5.41) is -0.319. The molecule has 1 aliphatic rings. The van der Waals surface area contributed by atoms with Gasteiger partial charge in [-0.3, -0.25) is 4.79 Å². The fraction of sp³-hybridized carbons (Fsp3) is 0.333. The van der Waals surface area contributed by atoms with Gasteiger partial charge in [-0.05, 0) is 42.0 Å². The van der Waals surface area contributed by atoms with Crippen LogP contribution in [-0.4, -0.2) is 28.8 Å². The van der Waals surface area contributed by atoms with Crippen LogP contribution in [0.3, 0.4) is 0 Å². The normalized spacial score (nSPS) is 19.8. The van der Waals surface area contributed by atoms with E-state index in [0.29, 0.717) is 25.8 Å². The van der Waals surface area contributed by atoms with Crippen LogP contribution in [0.15, 0.2) is 60.7 Å².